The normalized spacial score (nSPS) is 11.2. The zero-order valence-corrected chi connectivity index (χ0v) is 10.4. The number of hydrogen-bond acceptors (Lipinski definition) is 6. The standard InChI is InChI=1S/C12H7N5OS/c1-2-4-8(5-3-1)18-12-13-9-6-7-19-10(9)11-14-15-16-17(11)12/h1-7H. The Morgan fingerprint density at radius 1 is 1.11 bits per heavy atom. The Labute approximate surface area is 111 Å². The first-order valence-corrected chi connectivity index (χ1v) is 6.48. The highest BCUT2D eigenvalue weighted by Crippen LogP contribution is 2.27. The molecule has 0 unspecified atom stereocenters. The molecule has 0 radical (unpaired) electrons. The fraction of sp³-hybridized carbons (Fsp3) is 0. The molecule has 0 saturated heterocycles. The molecule has 7 heteroatoms. The van der Waals surface area contributed by atoms with E-state index in [2.05, 4.69) is 20.5 Å². The highest BCUT2D eigenvalue weighted by Gasteiger charge is 2.13. The molecular weight excluding hydrogens is 262 g/mol. The molecule has 6 nitrogen and oxygen atoms in total. The maximum atomic E-state index is 5.74. The van der Waals surface area contributed by atoms with Gasteiger partial charge in [0.1, 0.15) is 5.75 Å². The second-order valence-electron chi connectivity index (χ2n) is 3.86. The van der Waals surface area contributed by atoms with Crippen molar-refractivity contribution >= 4 is 27.2 Å². The van der Waals surface area contributed by atoms with E-state index < -0.39 is 0 Å². The van der Waals surface area contributed by atoms with E-state index in [1.807, 2.05) is 41.8 Å². The predicted octanol–water partition coefficient (Wildman–Crippen LogP) is 2.53. The van der Waals surface area contributed by atoms with Crippen LogP contribution < -0.4 is 4.74 Å². The van der Waals surface area contributed by atoms with Crippen LogP contribution >= 0.6 is 11.3 Å². The van der Waals surface area contributed by atoms with Crippen LogP contribution in [0.25, 0.3) is 15.9 Å². The maximum Gasteiger partial charge on any atom is 0.327 e. The fourth-order valence-corrected chi connectivity index (χ4v) is 2.63. The van der Waals surface area contributed by atoms with Gasteiger partial charge < -0.3 is 4.74 Å². The zero-order chi connectivity index (χ0) is 12.7. The van der Waals surface area contributed by atoms with Crippen molar-refractivity contribution in [3.05, 3.63) is 41.8 Å². The lowest BCUT2D eigenvalue weighted by atomic mass is 10.3. The van der Waals surface area contributed by atoms with Gasteiger partial charge in [-0.3, -0.25) is 0 Å². The number of hydrogen-bond donors (Lipinski definition) is 0. The molecule has 1 aromatic carbocycles. The number of aromatic nitrogens is 5. The third-order valence-corrected chi connectivity index (χ3v) is 3.57. The Morgan fingerprint density at radius 3 is 2.89 bits per heavy atom. The molecule has 0 atom stereocenters. The summed E-state index contributed by atoms with van der Waals surface area (Å²) in [4.78, 5) is 4.44. The first kappa shape index (κ1) is 10.4. The molecule has 0 amide bonds. The summed E-state index contributed by atoms with van der Waals surface area (Å²) in [6.07, 6.45) is 0. The van der Waals surface area contributed by atoms with Gasteiger partial charge in [-0.25, -0.2) is 0 Å². The first-order valence-electron chi connectivity index (χ1n) is 5.60. The average molecular weight is 269 g/mol. The van der Waals surface area contributed by atoms with Crippen LogP contribution in [0.5, 0.6) is 11.8 Å². The highest BCUT2D eigenvalue weighted by molar-refractivity contribution is 7.17. The van der Waals surface area contributed by atoms with Crippen LogP contribution in [-0.4, -0.2) is 25.0 Å². The summed E-state index contributed by atoms with van der Waals surface area (Å²) in [6.45, 7) is 0. The number of benzene rings is 1. The Morgan fingerprint density at radius 2 is 2.00 bits per heavy atom. The molecule has 0 aliphatic heterocycles. The largest absolute Gasteiger partial charge is 0.424 e. The third-order valence-electron chi connectivity index (χ3n) is 2.67. The molecule has 0 aliphatic rings. The molecule has 19 heavy (non-hydrogen) atoms. The van der Waals surface area contributed by atoms with E-state index in [-0.39, 0.29) is 0 Å². The van der Waals surface area contributed by atoms with Crippen LogP contribution in [0.15, 0.2) is 41.8 Å². The van der Waals surface area contributed by atoms with Gasteiger partial charge in [-0.2, -0.15) is 4.98 Å². The monoisotopic (exact) mass is 269 g/mol. The van der Waals surface area contributed by atoms with E-state index in [0.717, 1.165) is 10.2 Å². The van der Waals surface area contributed by atoms with E-state index in [9.17, 15) is 0 Å². The highest BCUT2D eigenvalue weighted by atomic mass is 32.1. The average Bonchev–Trinajstić information content (AvgIpc) is 3.07. The summed E-state index contributed by atoms with van der Waals surface area (Å²) in [5.41, 5.74) is 1.49. The van der Waals surface area contributed by atoms with E-state index in [4.69, 9.17) is 4.74 Å². The van der Waals surface area contributed by atoms with Gasteiger partial charge in [0.05, 0.1) is 10.2 Å². The molecule has 0 spiro atoms. The lowest BCUT2D eigenvalue weighted by Crippen LogP contribution is -1.99. The van der Waals surface area contributed by atoms with Crippen LogP contribution in [-0.2, 0) is 0 Å². The Balaban J connectivity index is 1.94. The quantitative estimate of drug-likeness (QED) is 0.559. The summed E-state index contributed by atoms with van der Waals surface area (Å²) in [7, 11) is 0. The molecule has 92 valence electrons. The lowest BCUT2D eigenvalue weighted by Gasteiger charge is -2.05. The van der Waals surface area contributed by atoms with Crippen LogP contribution in [0.3, 0.4) is 0 Å². The Kier molecular flexibility index (Phi) is 2.18. The van der Waals surface area contributed by atoms with Crippen molar-refractivity contribution in [2.75, 3.05) is 0 Å². The summed E-state index contributed by atoms with van der Waals surface area (Å²) < 4.78 is 8.20. The summed E-state index contributed by atoms with van der Waals surface area (Å²) >= 11 is 1.56. The predicted molar refractivity (Wildman–Crippen MR) is 70.5 cm³/mol. The minimum atomic E-state index is 0.358. The molecule has 4 rings (SSSR count). The van der Waals surface area contributed by atoms with Crippen molar-refractivity contribution in [3.8, 4) is 11.8 Å². The number of nitrogens with zero attached hydrogens (tertiary/aromatic N) is 5. The van der Waals surface area contributed by atoms with Crippen molar-refractivity contribution in [2.45, 2.75) is 0 Å². The van der Waals surface area contributed by atoms with Gasteiger partial charge in [-0.05, 0) is 34.0 Å². The molecule has 0 bridgehead atoms. The van der Waals surface area contributed by atoms with E-state index in [1.165, 1.54) is 4.52 Å². The number of ether oxygens (including phenoxy) is 1. The van der Waals surface area contributed by atoms with Crippen molar-refractivity contribution in [3.63, 3.8) is 0 Å². The van der Waals surface area contributed by atoms with E-state index in [1.54, 1.807) is 11.3 Å². The molecule has 3 heterocycles. The summed E-state index contributed by atoms with van der Waals surface area (Å²) in [5.74, 6) is 0.696. The lowest BCUT2D eigenvalue weighted by molar-refractivity contribution is 0.426. The number of tetrazole rings is 1. The van der Waals surface area contributed by atoms with Crippen molar-refractivity contribution < 1.29 is 4.74 Å². The van der Waals surface area contributed by atoms with Crippen molar-refractivity contribution in [1.82, 2.24) is 25.0 Å². The van der Waals surface area contributed by atoms with Crippen molar-refractivity contribution in [1.29, 1.82) is 0 Å². The topological polar surface area (TPSA) is 65.2 Å². The second-order valence-corrected chi connectivity index (χ2v) is 4.77. The molecule has 3 aromatic heterocycles. The third kappa shape index (κ3) is 1.63. The minimum absolute atomic E-state index is 0.358. The Bertz CT molecular complexity index is 854. The van der Waals surface area contributed by atoms with Crippen LogP contribution in [0, 0.1) is 0 Å². The van der Waals surface area contributed by atoms with Gasteiger partial charge >= 0.3 is 6.01 Å². The molecule has 0 saturated carbocycles. The van der Waals surface area contributed by atoms with Gasteiger partial charge in [-0.1, -0.05) is 18.2 Å². The number of fused-ring (bicyclic) bond motifs is 3. The SMILES string of the molecule is c1ccc(Oc2nc3ccsc3c3nnnn23)cc1. The molecule has 0 N–H and O–H groups in total. The molecular formula is C12H7N5OS. The van der Waals surface area contributed by atoms with Crippen LogP contribution in [0.4, 0.5) is 0 Å². The smallest absolute Gasteiger partial charge is 0.327 e. The van der Waals surface area contributed by atoms with Gasteiger partial charge in [0.2, 0.25) is 5.65 Å². The van der Waals surface area contributed by atoms with Gasteiger partial charge in [0.25, 0.3) is 0 Å². The van der Waals surface area contributed by atoms with Crippen LogP contribution in [0.1, 0.15) is 0 Å². The zero-order valence-electron chi connectivity index (χ0n) is 9.59. The number of rotatable bonds is 2. The molecule has 4 aromatic rings. The van der Waals surface area contributed by atoms with E-state index >= 15 is 0 Å². The maximum absolute atomic E-state index is 5.74. The Hall–Kier alpha value is -2.54. The van der Waals surface area contributed by atoms with Gasteiger partial charge in [-0.15, -0.1) is 21.0 Å². The van der Waals surface area contributed by atoms with Gasteiger partial charge in [0, 0.05) is 0 Å². The fourth-order valence-electron chi connectivity index (χ4n) is 1.83. The van der Waals surface area contributed by atoms with Crippen LogP contribution in [0.2, 0.25) is 0 Å². The van der Waals surface area contributed by atoms with E-state index in [0.29, 0.717) is 17.4 Å². The summed E-state index contributed by atoms with van der Waals surface area (Å²) in [6, 6.07) is 11.7. The summed E-state index contributed by atoms with van der Waals surface area (Å²) in [5, 5.41) is 13.6. The number of para-hydroxylation sites is 1. The van der Waals surface area contributed by atoms with Gasteiger partial charge in [0.15, 0.2) is 0 Å². The van der Waals surface area contributed by atoms with Crippen molar-refractivity contribution in [2.24, 2.45) is 0 Å². The molecule has 0 fully saturated rings. The first-order chi connectivity index (χ1) is 9.42. The minimum Gasteiger partial charge on any atom is -0.424 e. The number of thiophene rings is 1. The molecule has 0 aliphatic carbocycles. The second kappa shape index (κ2) is 3.99.